The normalized spacial score (nSPS) is 39.8. The van der Waals surface area contributed by atoms with Gasteiger partial charge in [0.2, 0.25) is 0 Å². The second-order valence-electron chi connectivity index (χ2n) is 14.1. The lowest BCUT2D eigenvalue weighted by molar-refractivity contribution is -0.237. The van der Waals surface area contributed by atoms with E-state index in [0.29, 0.717) is 12.8 Å². The van der Waals surface area contributed by atoms with Gasteiger partial charge in [0.25, 0.3) is 0 Å². The van der Waals surface area contributed by atoms with Gasteiger partial charge >= 0.3 is 0 Å². The van der Waals surface area contributed by atoms with Gasteiger partial charge in [0.15, 0.2) is 47.1 Å². The number of benzene rings is 1. The molecule has 1 aromatic rings. The molecule has 0 aromatic heterocycles. The van der Waals surface area contributed by atoms with E-state index in [-0.39, 0.29) is 46.4 Å². The highest BCUT2D eigenvalue weighted by atomic mass is 16.7. The summed E-state index contributed by atoms with van der Waals surface area (Å²) in [6.07, 6.45) is 3.40. The van der Waals surface area contributed by atoms with Crippen LogP contribution in [0, 0.1) is 0 Å². The second kappa shape index (κ2) is 12.1. The van der Waals surface area contributed by atoms with Crippen LogP contribution >= 0.6 is 0 Å². The standard InChI is InChI=1S/C37H38O13/c1-17-23(38)7-11-28(47-17)49-25-9-10-26(46-19(25)3)20-5-6-21-30(32(20)41)33(42)22-13-14-36(44)16-35(4,50-29-12-8-24(39)18(2)48-29)15-27(40)37(36,45)31(22)34(21)43/h5-8,11-14,17-19,25-26,28-29,41,44-45H,9-10,15-16H2,1-4H3/t17-,18-,19+,25-,26?,28-,29-,35-,36-,37-/m0/s1. The van der Waals surface area contributed by atoms with Crippen LogP contribution < -0.4 is 0 Å². The van der Waals surface area contributed by atoms with Gasteiger partial charge in [0.1, 0.15) is 23.6 Å². The van der Waals surface area contributed by atoms with Crippen LogP contribution in [0.1, 0.15) is 85.8 Å². The monoisotopic (exact) mass is 690 g/mol. The third-order valence-electron chi connectivity index (χ3n) is 10.5. The average molecular weight is 691 g/mol. The number of aliphatic hydroxyl groups is 2. The van der Waals surface area contributed by atoms with Crippen LogP contribution in [0.2, 0.25) is 0 Å². The molecule has 0 bridgehead atoms. The van der Waals surface area contributed by atoms with Gasteiger partial charge in [-0.05, 0) is 77.0 Å². The molecule has 3 aliphatic heterocycles. The van der Waals surface area contributed by atoms with Gasteiger partial charge in [-0.15, -0.1) is 0 Å². The molecule has 1 saturated carbocycles. The Bertz CT molecular complexity index is 1840. The number of phenols is 1. The van der Waals surface area contributed by atoms with Crippen LogP contribution in [0.25, 0.3) is 0 Å². The summed E-state index contributed by atoms with van der Waals surface area (Å²) >= 11 is 0. The maximum atomic E-state index is 14.1. The van der Waals surface area contributed by atoms with E-state index >= 15 is 0 Å². The maximum Gasteiger partial charge on any atom is 0.198 e. The van der Waals surface area contributed by atoms with Crippen molar-refractivity contribution in [2.24, 2.45) is 0 Å². The van der Waals surface area contributed by atoms with Crippen molar-refractivity contribution in [3.8, 4) is 5.75 Å². The summed E-state index contributed by atoms with van der Waals surface area (Å²) in [5.41, 5.74) is -7.64. The maximum absolute atomic E-state index is 14.1. The van der Waals surface area contributed by atoms with Crippen molar-refractivity contribution in [2.45, 2.75) is 113 Å². The molecule has 6 aliphatic rings. The summed E-state index contributed by atoms with van der Waals surface area (Å²) in [7, 11) is 0. The molecule has 13 nitrogen and oxygen atoms in total. The zero-order chi connectivity index (χ0) is 35.9. The highest BCUT2D eigenvalue weighted by Gasteiger charge is 2.67. The first-order valence-electron chi connectivity index (χ1n) is 16.7. The number of aromatic hydroxyl groups is 1. The number of rotatable bonds is 5. The number of allylic oxidation sites excluding steroid dienone is 2. The molecule has 10 atom stereocenters. The van der Waals surface area contributed by atoms with Crippen LogP contribution in [0.3, 0.4) is 0 Å². The van der Waals surface area contributed by atoms with Crippen LogP contribution in [0.5, 0.6) is 5.75 Å². The summed E-state index contributed by atoms with van der Waals surface area (Å²) in [4.78, 5) is 65.5. The minimum Gasteiger partial charge on any atom is -0.507 e. The van der Waals surface area contributed by atoms with Crippen molar-refractivity contribution < 1.29 is 63.0 Å². The van der Waals surface area contributed by atoms with Gasteiger partial charge in [-0.2, -0.15) is 0 Å². The Morgan fingerprint density at radius 1 is 0.840 bits per heavy atom. The Labute approximate surface area is 287 Å². The van der Waals surface area contributed by atoms with E-state index in [0.717, 1.165) is 6.08 Å². The molecular formula is C37H38O13. The molecule has 3 N–H and O–H groups in total. The SMILES string of the molecule is C[C@@H]1O[C@@H](O[C@H]2CCC(c3ccc4c(c3O)C(=O)C3=C(C4=O)[C@@]4(O)C(=O)C[C@](C)(O[C@H]5C=CC(=O)[C@H](C)O5)C[C@@]4(O)C=C3)O[C@@H]2C)C=CC1=O. The number of ketones is 5. The topological polar surface area (TPSA) is 192 Å². The third kappa shape index (κ3) is 5.39. The smallest absolute Gasteiger partial charge is 0.198 e. The molecule has 3 heterocycles. The number of carbonyl (C=O) groups excluding carboxylic acids is 5. The molecule has 0 amide bonds. The average Bonchev–Trinajstić information content (AvgIpc) is 3.05. The van der Waals surface area contributed by atoms with Gasteiger partial charge in [-0.25, -0.2) is 0 Å². The van der Waals surface area contributed by atoms with E-state index < -0.39 is 88.9 Å². The quantitative estimate of drug-likeness (QED) is 0.409. The zero-order valence-electron chi connectivity index (χ0n) is 27.9. The molecule has 1 unspecified atom stereocenters. The molecule has 0 spiro atoms. The van der Waals surface area contributed by atoms with Gasteiger partial charge in [-0.3, -0.25) is 24.0 Å². The van der Waals surface area contributed by atoms with E-state index in [2.05, 4.69) is 0 Å². The lowest BCUT2D eigenvalue weighted by atomic mass is 9.57. The second-order valence-corrected chi connectivity index (χ2v) is 14.1. The van der Waals surface area contributed by atoms with E-state index in [1.807, 2.05) is 0 Å². The van der Waals surface area contributed by atoms with Crippen molar-refractivity contribution >= 4 is 28.9 Å². The Hall–Kier alpha value is -3.95. The first-order chi connectivity index (χ1) is 23.5. The highest BCUT2D eigenvalue weighted by Crippen LogP contribution is 2.53. The van der Waals surface area contributed by atoms with Crippen molar-refractivity contribution in [3.63, 3.8) is 0 Å². The van der Waals surface area contributed by atoms with E-state index in [4.69, 9.17) is 23.7 Å². The molecule has 3 aliphatic carbocycles. The minimum absolute atomic E-state index is 0.151. The number of hydrogen-bond donors (Lipinski definition) is 3. The lowest BCUT2D eigenvalue weighted by Gasteiger charge is -2.53. The zero-order valence-corrected chi connectivity index (χ0v) is 27.9. The summed E-state index contributed by atoms with van der Waals surface area (Å²) in [6.45, 7) is 6.54. The van der Waals surface area contributed by atoms with Crippen LogP contribution in [-0.4, -0.2) is 98.0 Å². The first kappa shape index (κ1) is 34.5. The van der Waals surface area contributed by atoms with Gasteiger partial charge in [0, 0.05) is 29.5 Å². The molecule has 50 heavy (non-hydrogen) atoms. The van der Waals surface area contributed by atoms with Crippen LogP contribution in [0.4, 0.5) is 0 Å². The van der Waals surface area contributed by atoms with E-state index in [1.165, 1.54) is 36.4 Å². The van der Waals surface area contributed by atoms with E-state index in [9.17, 15) is 39.3 Å². The van der Waals surface area contributed by atoms with Gasteiger partial charge < -0.3 is 39.0 Å². The minimum atomic E-state index is -2.79. The number of hydrogen-bond acceptors (Lipinski definition) is 13. The lowest BCUT2D eigenvalue weighted by Crippen LogP contribution is -2.69. The molecule has 264 valence electrons. The predicted molar refractivity (Wildman–Crippen MR) is 171 cm³/mol. The number of phenolic OH excluding ortho intramolecular Hbond substituents is 1. The largest absolute Gasteiger partial charge is 0.507 e. The fourth-order valence-corrected chi connectivity index (χ4v) is 7.83. The molecular weight excluding hydrogens is 652 g/mol. The Morgan fingerprint density at radius 2 is 1.50 bits per heavy atom. The molecule has 0 radical (unpaired) electrons. The van der Waals surface area contributed by atoms with Crippen molar-refractivity contribution in [1.82, 2.24) is 0 Å². The molecule has 1 aromatic carbocycles. The Kier molecular flexibility index (Phi) is 8.34. The Balaban J connectivity index is 1.12. The third-order valence-corrected chi connectivity index (χ3v) is 10.5. The number of carbonyl (C=O) groups is 5. The van der Waals surface area contributed by atoms with Crippen molar-refractivity contribution in [3.05, 3.63) is 76.4 Å². The predicted octanol–water partition coefficient (Wildman–Crippen LogP) is 2.60. The summed E-state index contributed by atoms with van der Waals surface area (Å²) < 4.78 is 29.4. The fraction of sp³-hybridized carbons (Fsp3) is 0.486. The molecule has 1 saturated heterocycles. The Morgan fingerprint density at radius 3 is 2.16 bits per heavy atom. The number of Topliss-reactive ketones (excluding diaryl/α,β-unsaturated/α-hetero) is 3. The molecule has 13 heteroatoms. The number of ether oxygens (including phenoxy) is 5. The molecule has 7 rings (SSSR count). The first-order valence-corrected chi connectivity index (χ1v) is 16.7. The number of fused-ring (bicyclic) bond motifs is 3. The highest BCUT2D eigenvalue weighted by molar-refractivity contribution is 6.32. The van der Waals surface area contributed by atoms with Crippen molar-refractivity contribution in [2.75, 3.05) is 0 Å². The fourth-order valence-electron chi connectivity index (χ4n) is 7.83. The van der Waals surface area contributed by atoms with Gasteiger partial charge in [0.05, 0.1) is 35.0 Å². The summed E-state index contributed by atoms with van der Waals surface area (Å²) in [6, 6.07) is 2.82. The van der Waals surface area contributed by atoms with Crippen LogP contribution in [-0.2, 0) is 38.1 Å². The molecule has 2 fully saturated rings. The van der Waals surface area contributed by atoms with Crippen molar-refractivity contribution in [1.29, 1.82) is 0 Å². The summed E-state index contributed by atoms with van der Waals surface area (Å²) in [5.74, 6) is -3.50. The van der Waals surface area contributed by atoms with E-state index in [1.54, 1.807) is 33.8 Å². The summed E-state index contributed by atoms with van der Waals surface area (Å²) in [5, 5.41) is 35.3. The van der Waals surface area contributed by atoms with Crippen LogP contribution in [0.15, 0.2) is 59.7 Å². The van der Waals surface area contributed by atoms with Gasteiger partial charge in [-0.1, -0.05) is 12.1 Å².